The Morgan fingerprint density at radius 2 is 1.82 bits per heavy atom. The molecular weight excluding hydrogens is 358 g/mol. The van der Waals surface area contributed by atoms with Crippen LogP contribution in [0.15, 0.2) is 65.7 Å². The number of amides is 1. The Labute approximate surface area is 162 Å². The van der Waals surface area contributed by atoms with Gasteiger partial charge in [-0.1, -0.05) is 42.5 Å². The van der Waals surface area contributed by atoms with Crippen LogP contribution in [0.25, 0.3) is 10.9 Å². The molecule has 7 heteroatoms. The highest BCUT2D eigenvalue weighted by atomic mass is 16.5. The summed E-state index contributed by atoms with van der Waals surface area (Å²) in [6.07, 6.45) is 1.80. The minimum absolute atomic E-state index is 0.0439. The molecule has 0 aliphatic rings. The standard InChI is InChI=1S/C21H21N3O4/c1-28-21(27)18(13-15-7-3-2-4-8-15)23-19(25)11-12-24-14-22-17-10-6-5-9-16(17)20(24)26/h2-10,14,18H,11-13H2,1H3,(H,23,25)/t18-/m1/s1. The average Bonchev–Trinajstić information content (AvgIpc) is 2.73. The number of ether oxygens (including phenoxy) is 1. The van der Waals surface area contributed by atoms with E-state index < -0.39 is 12.0 Å². The summed E-state index contributed by atoms with van der Waals surface area (Å²) in [5, 5.41) is 3.20. The first-order valence-corrected chi connectivity index (χ1v) is 8.94. The number of esters is 1. The largest absolute Gasteiger partial charge is 0.467 e. The molecule has 3 rings (SSSR count). The molecule has 0 fully saturated rings. The first-order chi connectivity index (χ1) is 13.6. The number of hydrogen-bond donors (Lipinski definition) is 1. The number of para-hydroxylation sites is 1. The van der Waals surface area contributed by atoms with Crippen LogP contribution in [0.3, 0.4) is 0 Å². The lowest BCUT2D eigenvalue weighted by atomic mass is 10.1. The van der Waals surface area contributed by atoms with Gasteiger partial charge in [-0.15, -0.1) is 0 Å². The highest BCUT2D eigenvalue weighted by Crippen LogP contribution is 2.06. The number of carbonyl (C=O) groups excluding carboxylic acids is 2. The summed E-state index contributed by atoms with van der Waals surface area (Å²) < 4.78 is 6.19. The number of carbonyl (C=O) groups is 2. The van der Waals surface area contributed by atoms with E-state index in [1.165, 1.54) is 18.0 Å². The lowest BCUT2D eigenvalue weighted by Gasteiger charge is -2.17. The molecular formula is C21H21N3O4. The first kappa shape index (κ1) is 19.3. The average molecular weight is 379 g/mol. The summed E-state index contributed by atoms with van der Waals surface area (Å²) in [5.74, 6) is -0.854. The van der Waals surface area contributed by atoms with Gasteiger partial charge in [0.25, 0.3) is 5.56 Å². The topological polar surface area (TPSA) is 90.3 Å². The van der Waals surface area contributed by atoms with Crippen LogP contribution in [0.5, 0.6) is 0 Å². The highest BCUT2D eigenvalue weighted by Gasteiger charge is 2.21. The zero-order valence-corrected chi connectivity index (χ0v) is 15.5. The van der Waals surface area contributed by atoms with Gasteiger partial charge < -0.3 is 10.1 Å². The van der Waals surface area contributed by atoms with Gasteiger partial charge in [0, 0.05) is 19.4 Å². The molecule has 1 aromatic heterocycles. The Balaban J connectivity index is 1.65. The lowest BCUT2D eigenvalue weighted by Crippen LogP contribution is -2.43. The molecule has 0 aliphatic carbocycles. The van der Waals surface area contributed by atoms with Crippen LogP contribution in [-0.4, -0.2) is 34.6 Å². The number of rotatable bonds is 7. The van der Waals surface area contributed by atoms with E-state index in [4.69, 9.17) is 4.74 Å². The van der Waals surface area contributed by atoms with Crippen molar-refractivity contribution in [1.82, 2.24) is 14.9 Å². The molecule has 0 saturated heterocycles. The molecule has 144 valence electrons. The summed E-state index contributed by atoms with van der Waals surface area (Å²) in [5.41, 5.74) is 1.32. The number of nitrogens with one attached hydrogen (secondary N) is 1. The highest BCUT2D eigenvalue weighted by molar-refractivity contribution is 5.84. The molecule has 0 saturated carbocycles. The van der Waals surface area contributed by atoms with Crippen molar-refractivity contribution in [2.45, 2.75) is 25.4 Å². The summed E-state index contributed by atoms with van der Waals surface area (Å²) in [6.45, 7) is 0.168. The van der Waals surface area contributed by atoms with Gasteiger partial charge in [0.2, 0.25) is 5.91 Å². The second-order valence-electron chi connectivity index (χ2n) is 6.34. The fourth-order valence-electron chi connectivity index (χ4n) is 2.94. The van der Waals surface area contributed by atoms with E-state index in [9.17, 15) is 14.4 Å². The van der Waals surface area contributed by atoms with E-state index in [1.54, 1.807) is 18.2 Å². The molecule has 0 radical (unpaired) electrons. The van der Waals surface area contributed by atoms with Crippen LogP contribution in [0.1, 0.15) is 12.0 Å². The Morgan fingerprint density at radius 1 is 1.11 bits per heavy atom. The third-order valence-electron chi connectivity index (χ3n) is 4.41. The fraction of sp³-hybridized carbons (Fsp3) is 0.238. The van der Waals surface area contributed by atoms with E-state index in [1.807, 2.05) is 36.4 Å². The maximum Gasteiger partial charge on any atom is 0.328 e. The predicted octanol–water partition coefficient (Wildman–Crippen LogP) is 1.69. The van der Waals surface area contributed by atoms with Crippen molar-refractivity contribution < 1.29 is 14.3 Å². The molecule has 28 heavy (non-hydrogen) atoms. The van der Waals surface area contributed by atoms with Gasteiger partial charge in [-0.25, -0.2) is 9.78 Å². The molecule has 3 aromatic rings. The van der Waals surface area contributed by atoms with Crippen molar-refractivity contribution in [3.8, 4) is 0 Å². The first-order valence-electron chi connectivity index (χ1n) is 8.94. The van der Waals surface area contributed by atoms with Crippen molar-refractivity contribution in [2.75, 3.05) is 7.11 Å². The van der Waals surface area contributed by atoms with Crippen LogP contribution in [0, 0.1) is 0 Å². The van der Waals surface area contributed by atoms with Gasteiger partial charge in [0.15, 0.2) is 0 Å². The van der Waals surface area contributed by atoms with E-state index in [0.29, 0.717) is 17.3 Å². The second kappa shape index (κ2) is 8.94. The molecule has 0 spiro atoms. The van der Waals surface area contributed by atoms with Crippen LogP contribution in [0.2, 0.25) is 0 Å². The van der Waals surface area contributed by atoms with Gasteiger partial charge in [0.1, 0.15) is 6.04 Å². The Bertz CT molecular complexity index is 1030. The van der Waals surface area contributed by atoms with E-state index in [0.717, 1.165) is 5.56 Å². The molecule has 1 amide bonds. The Hall–Kier alpha value is -3.48. The normalized spacial score (nSPS) is 11.8. The predicted molar refractivity (Wildman–Crippen MR) is 105 cm³/mol. The van der Waals surface area contributed by atoms with Crippen LogP contribution in [-0.2, 0) is 27.3 Å². The number of aryl methyl sites for hydroxylation is 1. The smallest absolute Gasteiger partial charge is 0.328 e. The second-order valence-corrected chi connectivity index (χ2v) is 6.34. The molecule has 2 aromatic carbocycles. The maximum absolute atomic E-state index is 12.5. The van der Waals surface area contributed by atoms with Gasteiger partial charge >= 0.3 is 5.97 Å². The zero-order chi connectivity index (χ0) is 19.9. The lowest BCUT2D eigenvalue weighted by molar-refractivity contribution is -0.145. The molecule has 1 heterocycles. The number of benzene rings is 2. The number of fused-ring (bicyclic) bond motifs is 1. The Morgan fingerprint density at radius 3 is 2.57 bits per heavy atom. The van der Waals surface area contributed by atoms with Crippen molar-refractivity contribution in [2.24, 2.45) is 0 Å². The van der Waals surface area contributed by atoms with E-state index >= 15 is 0 Å². The number of aromatic nitrogens is 2. The molecule has 7 nitrogen and oxygen atoms in total. The fourth-order valence-corrected chi connectivity index (χ4v) is 2.94. The maximum atomic E-state index is 12.5. The summed E-state index contributed by atoms with van der Waals surface area (Å²) >= 11 is 0. The van der Waals surface area contributed by atoms with Crippen molar-refractivity contribution >= 4 is 22.8 Å². The minimum atomic E-state index is -0.786. The molecule has 0 unspecified atom stereocenters. The van der Waals surface area contributed by atoms with Gasteiger partial charge in [0.05, 0.1) is 24.3 Å². The summed E-state index contributed by atoms with van der Waals surface area (Å²) in [7, 11) is 1.28. The third-order valence-corrected chi connectivity index (χ3v) is 4.41. The van der Waals surface area contributed by atoms with E-state index in [2.05, 4.69) is 10.3 Å². The van der Waals surface area contributed by atoms with Crippen LogP contribution < -0.4 is 10.9 Å². The van der Waals surface area contributed by atoms with E-state index in [-0.39, 0.29) is 24.4 Å². The molecule has 0 aliphatic heterocycles. The quantitative estimate of drug-likeness (QED) is 0.631. The molecule has 1 N–H and O–H groups in total. The number of hydrogen-bond acceptors (Lipinski definition) is 5. The van der Waals surface area contributed by atoms with Gasteiger partial charge in [-0.3, -0.25) is 14.2 Å². The molecule has 1 atom stereocenters. The molecule has 0 bridgehead atoms. The SMILES string of the molecule is COC(=O)[C@@H](Cc1ccccc1)NC(=O)CCn1cnc2ccccc2c1=O. The van der Waals surface area contributed by atoms with Gasteiger partial charge in [-0.05, 0) is 17.7 Å². The van der Waals surface area contributed by atoms with Crippen molar-refractivity contribution in [3.05, 3.63) is 76.8 Å². The monoisotopic (exact) mass is 379 g/mol. The zero-order valence-electron chi connectivity index (χ0n) is 15.5. The summed E-state index contributed by atoms with van der Waals surface area (Å²) in [6, 6.07) is 15.6. The number of nitrogens with zero attached hydrogens (tertiary/aromatic N) is 2. The van der Waals surface area contributed by atoms with Crippen molar-refractivity contribution in [1.29, 1.82) is 0 Å². The minimum Gasteiger partial charge on any atom is -0.467 e. The summed E-state index contributed by atoms with van der Waals surface area (Å²) in [4.78, 5) is 41.1. The van der Waals surface area contributed by atoms with Crippen molar-refractivity contribution in [3.63, 3.8) is 0 Å². The van der Waals surface area contributed by atoms with Crippen LogP contribution in [0.4, 0.5) is 0 Å². The van der Waals surface area contributed by atoms with Crippen LogP contribution >= 0.6 is 0 Å². The third kappa shape index (κ3) is 4.62. The number of methoxy groups -OCH3 is 1. The Kier molecular flexibility index (Phi) is 6.16. The van der Waals surface area contributed by atoms with Gasteiger partial charge in [-0.2, -0.15) is 0 Å².